The largest absolute Gasteiger partial charge is 0.387 e. The summed E-state index contributed by atoms with van der Waals surface area (Å²) in [6, 6.07) is 14.9. The zero-order valence-corrected chi connectivity index (χ0v) is 17.9. The molecule has 0 radical (unpaired) electrons. The fourth-order valence-electron chi connectivity index (χ4n) is 3.44. The number of hydrogen-bond donors (Lipinski definition) is 1. The Bertz CT molecular complexity index is 783. The lowest BCUT2D eigenvalue weighted by atomic mass is 9.73. The highest BCUT2D eigenvalue weighted by Gasteiger charge is 2.42. The number of aliphatic hydroxyl groups is 1. The van der Waals surface area contributed by atoms with Crippen molar-refractivity contribution in [3.8, 4) is 0 Å². The molecule has 0 aliphatic rings. The molecular weight excluding hydrogens is 376 g/mol. The van der Waals surface area contributed by atoms with Crippen LogP contribution in [0.15, 0.2) is 64.9 Å². The molecular formula is C23H29ClO2S. The number of rotatable bonds is 9. The monoisotopic (exact) mass is 404 g/mol. The summed E-state index contributed by atoms with van der Waals surface area (Å²) in [6.45, 7) is 10.4. The summed E-state index contributed by atoms with van der Waals surface area (Å²) >= 11 is 6.01. The van der Waals surface area contributed by atoms with Gasteiger partial charge in [0.25, 0.3) is 0 Å². The quantitative estimate of drug-likeness (QED) is 0.511. The third-order valence-electron chi connectivity index (χ3n) is 5.33. The van der Waals surface area contributed by atoms with Gasteiger partial charge in [-0.1, -0.05) is 74.7 Å². The van der Waals surface area contributed by atoms with E-state index in [1.807, 2.05) is 50.2 Å². The van der Waals surface area contributed by atoms with Gasteiger partial charge in [0.15, 0.2) is 0 Å². The van der Waals surface area contributed by atoms with Gasteiger partial charge in [0, 0.05) is 20.2 Å². The first-order valence-corrected chi connectivity index (χ1v) is 11.0. The molecule has 0 amide bonds. The molecule has 0 fully saturated rings. The highest BCUT2D eigenvalue weighted by atomic mass is 35.5. The number of halogens is 1. The second kappa shape index (κ2) is 9.68. The van der Waals surface area contributed by atoms with Crippen LogP contribution in [0.4, 0.5) is 0 Å². The Kier molecular flexibility index (Phi) is 7.84. The lowest BCUT2D eigenvalue weighted by Crippen LogP contribution is -2.32. The van der Waals surface area contributed by atoms with E-state index in [2.05, 4.69) is 13.5 Å². The van der Waals surface area contributed by atoms with E-state index in [-0.39, 0.29) is 0 Å². The van der Waals surface area contributed by atoms with E-state index in [9.17, 15) is 9.32 Å². The first-order valence-electron chi connectivity index (χ1n) is 9.47. The maximum Gasteiger partial charge on any atom is 0.0892 e. The molecule has 27 heavy (non-hydrogen) atoms. The van der Waals surface area contributed by atoms with Crippen molar-refractivity contribution >= 4 is 22.4 Å². The van der Waals surface area contributed by atoms with Crippen LogP contribution in [0.3, 0.4) is 0 Å². The van der Waals surface area contributed by atoms with Crippen LogP contribution in [0.2, 0.25) is 5.02 Å². The molecule has 146 valence electrons. The summed E-state index contributed by atoms with van der Waals surface area (Å²) in [4.78, 5) is 1.31. The first-order chi connectivity index (χ1) is 12.9. The molecule has 0 aliphatic heterocycles. The summed E-state index contributed by atoms with van der Waals surface area (Å²) in [5.74, 6) is 0. The van der Waals surface area contributed by atoms with Crippen molar-refractivity contribution in [2.45, 2.75) is 57.5 Å². The van der Waals surface area contributed by atoms with Gasteiger partial charge in [-0.05, 0) is 49.6 Å². The number of unbranched alkanes of at least 4 members (excludes halogenated alkanes) is 1. The maximum atomic E-state index is 13.3. The lowest BCUT2D eigenvalue weighted by molar-refractivity contribution is 0.0436. The lowest BCUT2D eigenvalue weighted by Gasteiger charge is -2.39. The second-order valence-corrected chi connectivity index (χ2v) is 9.01. The van der Waals surface area contributed by atoms with E-state index in [1.165, 1.54) is 0 Å². The molecule has 2 aromatic rings. The van der Waals surface area contributed by atoms with E-state index in [1.54, 1.807) is 12.1 Å². The van der Waals surface area contributed by atoms with E-state index >= 15 is 0 Å². The number of hydrogen-bond acceptors (Lipinski definition) is 2. The average molecular weight is 405 g/mol. The molecule has 0 saturated heterocycles. The molecule has 0 spiro atoms. The molecule has 1 N–H and O–H groups in total. The van der Waals surface area contributed by atoms with Crippen LogP contribution < -0.4 is 0 Å². The molecule has 2 aromatic carbocycles. The molecule has 1 unspecified atom stereocenters. The first kappa shape index (κ1) is 21.9. The number of aryl methyl sites for hydroxylation is 1. The van der Waals surface area contributed by atoms with Crippen molar-refractivity contribution in [1.29, 1.82) is 0 Å². The van der Waals surface area contributed by atoms with Crippen LogP contribution in [0.25, 0.3) is 0 Å². The highest BCUT2D eigenvalue weighted by Crippen LogP contribution is 2.49. The summed E-state index contributed by atoms with van der Waals surface area (Å²) in [6.07, 6.45) is 2.54. The van der Waals surface area contributed by atoms with Crippen molar-refractivity contribution in [3.63, 3.8) is 0 Å². The SMILES string of the molecule is C=C(S(=O)c1ccc(C)cc1)[C@](CC)(CCCC)[C@H](O)c1ccc(Cl)cc1. The fraction of sp³-hybridized carbons (Fsp3) is 0.391. The molecule has 2 rings (SSSR count). The Morgan fingerprint density at radius 3 is 2.26 bits per heavy atom. The van der Waals surface area contributed by atoms with Crippen LogP contribution in [-0.2, 0) is 10.8 Å². The van der Waals surface area contributed by atoms with Crippen molar-refractivity contribution < 1.29 is 9.32 Å². The minimum absolute atomic E-state index is 0.588. The number of aliphatic hydroxyl groups excluding tert-OH is 1. The molecule has 0 bridgehead atoms. The molecule has 2 nitrogen and oxygen atoms in total. The normalized spacial score (nSPS) is 15.7. The summed E-state index contributed by atoms with van der Waals surface area (Å²) in [5.41, 5.74) is 1.24. The van der Waals surface area contributed by atoms with E-state index in [0.29, 0.717) is 16.3 Å². The Labute approximate surface area is 170 Å². The van der Waals surface area contributed by atoms with Gasteiger partial charge in [-0.2, -0.15) is 0 Å². The minimum atomic E-state index is -1.39. The van der Waals surface area contributed by atoms with E-state index < -0.39 is 22.3 Å². The van der Waals surface area contributed by atoms with Crippen molar-refractivity contribution in [1.82, 2.24) is 0 Å². The molecule has 3 atom stereocenters. The van der Waals surface area contributed by atoms with Gasteiger partial charge in [0.05, 0.1) is 16.9 Å². The standard InChI is InChI=1S/C23H29ClO2S/c1-5-7-16-23(6-2,22(25)19-10-12-20(24)13-11-19)18(4)27(26)21-14-8-17(3)9-15-21/h8-15,22,25H,4-7,16H2,1-3H3/t22-,23+,27?/m1/s1. The average Bonchev–Trinajstić information content (AvgIpc) is 2.69. The van der Waals surface area contributed by atoms with Gasteiger partial charge in [-0.25, -0.2) is 4.21 Å². The van der Waals surface area contributed by atoms with Gasteiger partial charge in [-0.3, -0.25) is 0 Å². The zero-order valence-electron chi connectivity index (χ0n) is 16.4. The third kappa shape index (κ3) is 4.90. The summed E-state index contributed by atoms with van der Waals surface area (Å²) in [5, 5.41) is 11.9. The Balaban J connectivity index is 2.44. The van der Waals surface area contributed by atoms with Gasteiger partial charge >= 0.3 is 0 Å². The molecule has 0 aromatic heterocycles. The fourth-order valence-corrected chi connectivity index (χ4v) is 4.96. The van der Waals surface area contributed by atoms with Crippen molar-refractivity contribution in [2.24, 2.45) is 5.41 Å². The van der Waals surface area contributed by atoms with Gasteiger partial charge in [0.1, 0.15) is 0 Å². The minimum Gasteiger partial charge on any atom is -0.387 e. The number of benzene rings is 2. The molecule has 0 heterocycles. The van der Waals surface area contributed by atoms with Gasteiger partial charge in [0.2, 0.25) is 0 Å². The van der Waals surface area contributed by atoms with Crippen molar-refractivity contribution in [2.75, 3.05) is 0 Å². The topological polar surface area (TPSA) is 37.3 Å². The van der Waals surface area contributed by atoms with Crippen LogP contribution >= 0.6 is 11.6 Å². The third-order valence-corrected chi connectivity index (χ3v) is 7.14. The van der Waals surface area contributed by atoms with E-state index in [4.69, 9.17) is 11.6 Å². The summed E-state index contributed by atoms with van der Waals surface area (Å²) < 4.78 is 13.3. The van der Waals surface area contributed by atoms with Crippen molar-refractivity contribution in [3.05, 3.63) is 76.2 Å². The Morgan fingerprint density at radius 1 is 1.15 bits per heavy atom. The van der Waals surface area contributed by atoms with Crippen LogP contribution in [0.5, 0.6) is 0 Å². The Morgan fingerprint density at radius 2 is 1.74 bits per heavy atom. The molecule has 0 aliphatic carbocycles. The maximum absolute atomic E-state index is 13.3. The van der Waals surface area contributed by atoms with Gasteiger partial charge < -0.3 is 5.11 Å². The Hall–Kier alpha value is -1.42. The predicted octanol–water partition coefficient (Wildman–Crippen LogP) is 6.59. The van der Waals surface area contributed by atoms with E-state index in [0.717, 1.165) is 35.3 Å². The van der Waals surface area contributed by atoms with Crippen LogP contribution in [-0.4, -0.2) is 9.32 Å². The smallest absolute Gasteiger partial charge is 0.0892 e. The van der Waals surface area contributed by atoms with Gasteiger partial charge in [-0.15, -0.1) is 0 Å². The molecule has 4 heteroatoms. The zero-order chi connectivity index (χ0) is 20.0. The second-order valence-electron chi connectivity index (χ2n) is 7.07. The highest BCUT2D eigenvalue weighted by molar-refractivity contribution is 7.89. The van der Waals surface area contributed by atoms with Crippen LogP contribution in [0.1, 0.15) is 56.8 Å². The predicted molar refractivity (Wildman–Crippen MR) is 115 cm³/mol. The summed E-state index contributed by atoms with van der Waals surface area (Å²) in [7, 11) is -1.39. The van der Waals surface area contributed by atoms with Crippen LogP contribution in [0, 0.1) is 12.3 Å². The molecule has 0 saturated carbocycles.